The Kier molecular flexibility index (Phi) is 9.53. The second kappa shape index (κ2) is 15.6. The summed E-state index contributed by atoms with van der Waals surface area (Å²) >= 11 is 0. The van der Waals surface area contributed by atoms with E-state index in [1.54, 1.807) is 115 Å². The third-order valence-electron chi connectivity index (χ3n) is 9.62. The van der Waals surface area contributed by atoms with Gasteiger partial charge in [-0.2, -0.15) is 10.2 Å². The number of amides is 2. The molecule has 1 heterocycles. The molecule has 12 nitrogen and oxygen atoms in total. The van der Waals surface area contributed by atoms with Gasteiger partial charge in [-0.3, -0.25) is 30.0 Å². The highest BCUT2D eigenvalue weighted by molar-refractivity contribution is 6.60. The zero-order valence-electron chi connectivity index (χ0n) is 31.0. The number of anilines is 4. The van der Waals surface area contributed by atoms with E-state index in [9.17, 15) is 19.2 Å². The van der Waals surface area contributed by atoms with Crippen LogP contribution >= 0.6 is 0 Å². The predicted octanol–water partition coefficient (Wildman–Crippen LogP) is 8.34. The van der Waals surface area contributed by atoms with E-state index < -0.39 is 23.4 Å². The molecule has 0 bridgehead atoms. The summed E-state index contributed by atoms with van der Waals surface area (Å²) in [4.78, 5) is 58.3. The molecule has 1 aromatic heterocycles. The van der Waals surface area contributed by atoms with Crippen LogP contribution in [0, 0.1) is 0 Å². The van der Waals surface area contributed by atoms with Gasteiger partial charge in [-0.25, -0.2) is 4.98 Å². The first-order valence-corrected chi connectivity index (χ1v) is 18.5. The average Bonchev–Trinajstić information content (AvgIpc) is 3.70. The van der Waals surface area contributed by atoms with Crippen LogP contribution in [0.25, 0.3) is 34.7 Å². The number of Topliss-reactive ketones (excluding diaryl/α,β-unsaturated/α-hetero) is 2. The lowest BCUT2D eigenvalue weighted by atomic mass is 9.89. The second-order valence-corrected chi connectivity index (χ2v) is 13.5. The van der Waals surface area contributed by atoms with Gasteiger partial charge in [-0.1, -0.05) is 84.9 Å². The number of carbonyl (C=O) groups is 4. The molecule has 0 atom stereocenters. The molecule has 0 unspecified atom stereocenters. The number of para-hydroxylation sites is 2. The lowest BCUT2D eigenvalue weighted by Gasteiger charge is -2.17. The first kappa shape index (κ1) is 36.1. The Morgan fingerprint density at radius 1 is 0.508 bits per heavy atom. The Morgan fingerprint density at radius 3 is 1.53 bits per heavy atom. The average molecular weight is 774 g/mol. The summed E-state index contributed by atoms with van der Waals surface area (Å²) in [6, 6.07) is 44.8. The summed E-state index contributed by atoms with van der Waals surface area (Å²) in [6.45, 7) is 0. The maximum atomic E-state index is 13.6. The van der Waals surface area contributed by atoms with Crippen molar-refractivity contribution in [1.82, 2.24) is 4.98 Å². The van der Waals surface area contributed by atoms with Crippen LogP contribution < -0.4 is 21.5 Å². The fourth-order valence-corrected chi connectivity index (χ4v) is 6.66. The third kappa shape index (κ3) is 7.44. The summed E-state index contributed by atoms with van der Waals surface area (Å²) in [5.41, 5.74) is 12.7. The quantitative estimate of drug-likeness (QED) is 0.0839. The van der Waals surface area contributed by atoms with Gasteiger partial charge in [0.15, 0.2) is 5.58 Å². The van der Waals surface area contributed by atoms with E-state index in [0.717, 1.165) is 0 Å². The van der Waals surface area contributed by atoms with E-state index in [1.165, 1.54) is 0 Å². The third-order valence-corrected chi connectivity index (χ3v) is 9.62. The lowest BCUT2D eigenvalue weighted by Crippen LogP contribution is -2.30. The van der Waals surface area contributed by atoms with Crippen molar-refractivity contribution in [2.24, 2.45) is 10.2 Å². The molecule has 2 aliphatic rings. The smallest absolute Gasteiger partial charge is 0.259 e. The molecule has 0 fully saturated rings. The first-order chi connectivity index (χ1) is 28.9. The number of hydrogen-bond donors (Lipinski definition) is 4. The van der Waals surface area contributed by atoms with E-state index in [2.05, 4.69) is 36.7 Å². The molecule has 2 aliphatic carbocycles. The Morgan fingerprint density at radius 2 is 0.983 bits per heavy atom. The molecule has 4 N–H and O–H groups in total. The largest absolute Gasteiger partial charge is 0.436 e. The minimum absolute atomic E-state index is 0.0205. The summed E-state index contributed by atoms with van der Waals surface area (Å²) in [5.74, 6) is -1.70. The Hall–Kier alpha value is -8.51. The van der Waals surface area contributed by atoms with E-state index in [0.29, 0.717) is 67.6 Å². The van der Waals surface area contributed by atoms with Crippen molar-refractivity contribution in [2.45, 2.75) is 0 Å². The van der Waals surface area contributed by atoms with Gasteiger partial charge in [0.1, 0.15) is 16.9 Å². The number of nitrogens with one attached hydrogen (secondary N) is 4. The van der Waals surface area contributed by atoms with Crippen LogP contribution in [-0.4, -0.2) is 39.8 Å². The van der Waals surface area contributed by atoms with Crippen LogP contribution in [0.4, 0.5) is 22.7 Å². The molecule has 0 spiro atoms. The number of hydrogen-bond acceptors (Lipinski definition) is 10. The number of fused-ring (bicyclic) bond motifs is 3. The standard InChI is InChI=1S/C47H31N7O5/c55-43-37(45(57)48-31-13-3-1-4-14-31)25-29-11-7-9-17-35(29)41(43)53-51-33-21-19-28(20-22-33)47-50-39-24-23-34(27-40(39)59-47)52-54-42-36-18-10-8-12-30(36)26-38(44(42)56)46(58)49-32-15-5-2-6-16-32/h1-27,51-52H,(H,48,57)(H,49,58)/b53-41-,54-42-. The molecule has 2 amide bonds. The zero-order chi connectivity index (χ0) is 40.3. The van der Waals surface area contributed by atoms with Crippen molar-refractivity contribution >= 4 is 80.8 Å². The SMILES string of the molecule is O=C(Nc1ccccc1)C1=Cc2ccccc2/C(=N/Nc2ccc(-c3nc4ccc(N/N=C5\C(=O)C(C(=O)Nc6ccccc6)=Cc6ccccc65)cc4o3)cc2)C1=O. The molecule has 6 aromatic carbocycles. The number of oxazole rings is 1. The summed E-state index contributed by atoms with van der Waals surface area (Å²) in [7, 11) is 0. The zero-order valence-corrected chi connectivity index (χ0v) is 31.0. The Labute approximate surface area is 336 Å². The number of aromatic nitrogens is 1. The number of rotatable bonds is 9. The van der Waals surface area contributed by atoms with Crippen molar-refractivity contribution in [3.05, 3.63) is 185 Å². The molecular formula is C47H31N7O5. The summed E-state index contributed by atoms with van der Waals surface area (Å²) in [5, 5.41) is 14.5. The molecular weight excluding hydrogens is 743 g/mol. The molecule has 0 aliphatic heterocycles. The van der Waals surface area contributed by atoms with Gasteiger partial charge >= 0.3 is 0 Å². The first-order valence-electron chi connectivity index (χ1n) is 18.5. The van der Waals surface area contributed by atoms with Gasteiger partial charge in [0.2, 0.25) is 17.5 Å². The monoisotopic (exact) mass is 773 g/mol. The lowest BCUT2D eigenvalue weighted by molar-refractivity contribution is -0.118. The van der Waals surface area contributed by atoms with Crippen LogP contribution in [0.15, 0.2) is 177 Å². The van der Waals surface area contributed by atoms with Gasteiger partial charge in [0.25, 0.3) is 11.8 Å². The summed E-state index contributed by atoms with van der Waals surface area (Å²) < 4.78 is 6.13. The number of ketones is 2. The molecule has 12 heteroatoms. The van der Waals surface area contributed by atoms with E-state index in [-0.39, 0.29) is 22.6 Å². The fraction of sp³-hybridized carbons (Fsp3) is 0. The highest BCUT2D eigenvalue weighted by atomic mass is 16.3. The van der Waals surface area contributed by atoms with Crippen molar-refractivity contribution in [2.75, 3.05) is 21.5 Å². The minimum atomic E-state index is -0.530. The topological polar surface area (TPSA) is 167 Å². The summed E-state index contributed by atoms with van der Waals surface area (Å²) in [6.07, 6.45) is 3.16. The molecule has 9 rings (SSSR count). The highest BCUT2D eigenvalue weighted by Gasteiger charge is 2.31. The molecule has 59 heavy (non-hydrogen) atoms. The van der Waals surface area contributed by atoms with Crippen molar-refractivity contribution in [1.29, 1.82) is 0 Å². The van der Waals surface area contributed by atoms with Gasteiger partial charge < -0.3 is 15.1 Å². The van der Waals surface area contributed by atoms with Crippen LogP contribution in [0.3, 0.4) is 0 Å². The Bertz CT molecular complexity index is 2950. The van der Waals surface area contributed by atoms with Gasteiger partial charge in [0, 0.05) is 34.1 Å². The van der Waals surface area contributed by atoms with Gasteiger partial charge in [-0.05, 0) is 83.9 Å². The maximum absolute atomic E-state index is 13.6. The second-order valence-electron chi connectivity index (χ2n) is 13.5. The predicted molar refractivity (Wildman–Crippen MR) is 229 cm³/mol. The maximum Gasteiger partial charge on any atom is 0.259 e. The van der Waals surface area contributed by atoms with Gasteiger partial charge in [0.05, 0.1) is 22.5 Å². The van der Waals surface area contributed by atoms with Crippen LogP contribution in [0.1, 0.15) is 22.3 Å². The molecule has 0 saturated carbocycles. The van der Waals surface area contributed by atoms with E-state index >= 15 is 0 Å². The number of benzene rings is 6. The molecule has 284 valence electrons. The van der Waals surface area contributed by atoms with E-state index in [4.69, 9.17) is 4.42 Å². The normalized spacial score (nSPS) is 14.6. The van der Waals surface area contributed by atoms with Crippen LogP contribution in [0.2, 0.25) is 0 Å². The van der Waals surface area contributed by atoms with Crippen LogP contribution in [-0.2, 0) is 19.2 Å². The van der Waals surface area contributed by atoms with Crippen molar-refractivity contribution < 1.29 is 23.6 Å². The van der Waals surface area contributed by atoms with Crippen molar-refractivity contribution in [3.8, 4) is 11.5 Å². The van der Waals surface area contributed by atoms with Gasteiger partial charge in [-0.15, -0.1) is 0 Å². The minimum Gasteiger partial charge on any atom is -0.436 e. The number of hydrazone groups is 2. The van der Waals surface area contributed by atoms with E-state index in [1.807, 2.05) is 48.5 Å². The Balaban J connectivity index is 0.906. The van der Waals surface area contributed by atoms with Crippen LogP contribution in [0.5, 0.6) is 0 Å². The number of nitrogens with zero attached hydrogens (tertiary/aromatic N) is 3. The van der Waals surface area contributed by atoms with Crippen molar-refractivity contribution in [3.63, 3.8) is 0 Å². The number of carbonyl (C=O) groups excluding carboxylic acids is 4. The molecule has 0 radical (unpaired) electrons. The fourth-order valence-electron chi connectivity index (χ4n) is 6.66. The highest BCUT2D eigenvalue weighted by Crippen LogP contribution is 2.29. The molecule has 7 aromatic rings. The molecule has 0 saturated heterocycles.